The van der Waals surface area contributed by atoms with E-state index in [2.05, 4.69) is 21.3 Å². The molecule has 5 aromatic carbocycles. The first-order valence-corrected chi connectivity index (χ1v) is 22.6. The van der Waals surface area contributed by atoms with Crippen molar-refractivity contribution < 1.29 is 55.4 Å². The van der Waals surface area contributed by atoms with Crippen molar-refractivity contribution in [3.05, 3.63) is 131 Å². The molecule has 0 radical (unpaired) electrons. The second kappa shape index (κ2) is 20.8. The van der Waals surface area contributed by atoms with Gasteiger partial charge in [0.2, 0.25) is 23.6 Å². The standard InChI is InChI=1S/C26H27N3O6S.C19H21FN2O5S/c1-15(2)23(36(34,35)20-6-4-5-16(3)13-20)26(33)28-19-11-12-21(22(30)14-19)29-25(32)18-9-7-17(8-10-18)24(27)31;1-4-18(28(26,27)13-7-5-11(2)6-8-13)19(25)22-15-10-17(24)16(9-14(15)20)21-12(3)23/h4-15,23,30H,1-3H3,(H2,27,31)(H,28,33)(H,29,32);5-10,18,24H,4H2,1-3H3,(H,21,23)(H,22,25). The van der Waals surface area contributed by atoms with E-state index in [0.717, 1.165) is 23.3 Å². The van der Waals surface area contributed by atoms with Gasteiger partial charge < -0.3 is 37.2 Å². The highest BCUT2D eigenvalue weighted by Crippen LogP contribution is 2.32. The van der Waals surface area contributed by atoms with E-state index in [9.17, 15) is 55.4 Å². The molecule has 0 aliphatic rings. The average molecular weight is 918 g/mol. The Morgan fingerprint density at radius 1 is 0.641 bits per heavy atom. The summed E-state index contributed by atoms with van der Waals surface area (Å²) in [6, 6.07) is 23.8. The van der Waals surface area contributed by atoms with Gasteiger partial charge in [0.05, 0.1) is 26.9 Å². The maximum Gasteiger partial charge on any atom is 0.255 e. The molecular weight excluding hydrogens is 870 g/mol. The minimum Gasteiger partial charge on any atom is -0.506 e. The fourth-order valence-electron chi connectivity index (χ4n) is 6.25. The molecule has 5 rings (SSSR count). The summed E-state index contributed by atoms with van der Waals surface area (Å²) in [4.78, 5) is 60.3. The summed E-state index contributed by atoms with van der Waals surface area (Å²) in [5.74, 6) is -5.60. The fraction of sp³-hybridized carbons (Fsp3) is 0.222. The fourth-order valence-corrected chi connectivity index (χ4v) is 9.84. The van der Waals surface area contributed by atoms with Crippen LogP contribution in [0.3, 0.4) is 0 Å². The second-order valence-corrected chi connectivity index (χ2v) is 19.1. The summed E-state index contributed by atoms with van der Waals surface area (Å²) >= 11 is 0. The molecule has 16 nitrogen and oxygen atoms in total. The van der Waals surface area contributed by atoms with Crippen LogP contribution in [0.5, 0.6) is 11.5 Å². The van der Waals surface area contributed by atoms with Crippen LogP contribution < -0.4 is 27.0 Å². The van der Waals surface area contributed by atoms with Crippen molar-refractivity contribution in [2.75, 3.05) is 21.3 Å². The molecular formula is C45H48FN5O11S2. The van der Waals surface area contributed by atoms with Gasteiger partial charge in [-0.05, 0) is 92.4 Å². The van der Waals surface area contributed by atoms with Crippen molar-refractivity contribution in [3.8, 4) is 11.5 Å². The lowest BCUT2D eigenvalue weighted by Gasteiger charge is -2.21. The quantitative estimate of drug-likeness (QED) is 0.0593. The third-order valence-corrected chi connectivity index (χ3v) is 14.1. The molecule has 2 atom stereocenters. The second-order valence-electron chi connectivity index (χ2n) is 14.9. The highest BCUT2D eigenvalue weighted by Gasteiger charge is 2.37. The molecule has 0 bridgehead atoms. The molecule has 5 aromatic rings. The lowest BCUT2D eigenvalue weighted by Crippen LogP contribution is -2.39. The van der Waals surface area contributed by atoms with Gasteiger partial charge >= 0.3 is 0 Å². The van der Waals surface area contributed by atoms with Crippen LogP contribution in [-0.2, 0) is 34.1 Å². The summed E-state index contributed by atoms with van der Waals surface area (Å²) in [6.45, 7) is 9.58. The Morgan fingerprint density at radius 3 is 1.80 bits per heavy atom. The molecule has 0 saturated carbocycles. The van der Waals surface area contributed by atoms with Crippen LogP contribution in [0.15, 0.2) is 113 Å². The molecule has 5 amide bonds. The van der Waals surface area contributed by atoms with Crippen molar-refractivity contribution in [2.24, 2.45) is 11.7 Å². The van der Waals surface area contributed by atoms with E-state index < -0.39 is 82.9 Å². The molecule has 338 valence electrons. The largest absolute Gasteiger partial charge is 0.506 e. The first-order valence-electron chi connectivity index (χ1n) is 19.5. The van der Waals surface area contributed by atoms with E-state index in [1.165, 1.54) is 80.6 Å². The molecule has 0 aliphatic carbocycles. The van der Waals surface area contributed by atoms with Crippen molar-refractivity contribution in [3.63, 3.8) is 0 Å². The number of halogens is 1. The van der Waals surface area contributed by atoms with E-state index in [4.69, 9.17) is 5.73 Å². The third kappa shape index (κ3) is 12.3. The van der Waals surface area contributed by atoms with Gasteiger partial charge in [-0.1, -0.05) is 50.6 Å². The maximum atomic E-state index is 14.2. The van der Waals surface area contributed by atoms with E-state index in [1.54, 1.807) is 52.0 Å². The third-order valence-electron chi connectivity index (χ3n) is 9.50. The number of amides is 5. The molecule has 64 heavy (non-hydrogen) atoms. The van der Waals surface area contributed by atoms with Gasteiger partial charge in [-0.25, -0.2) is 21.2 Å². The molecule has 0 saturated heterocycles. The SMILES string of the molecule is CCC(C(=O)Nc1cc(O)c(NC(C)=O)cc1F)S(=O)(=O)c1ccc(C)cc1.Cc1cccc(S(=O)(=O)C(C(=O)Nc2ccc(NC(=O)c3ccc(C(N)=O)cc3)c(O)c2)C(C)C)c1. The van der Waals surface area contributed by atoms with Gasteiger partial charge in [-0.2, -0.15) is 0 Å². The van der Waals surface area contributed by atoms with E-state index >= 15 is 0 Å². The lowest BCUT2D eigenvalue weighted by molar-refractivity contribution is -0.117. The molecule has 0 fully saturated rings. The zero-order valence-electron chi connectivity index (χ0n) is 35.6. The molecule has 0 aromatic heterocycles. The van der Waals surface area contributed by atoms with Crippen molar-refractivity contribution >= 4 is 72.0 Å². The number of carbonyl (C=O) groups is 5. The normalized spacial score (nSPS) is 12.2. The number of benzene rings is 5. The maximum absolute atomic E-state index is 14.2. The summed E-state index contributed by atoms with van der Waals surface area (Å²) < 4.78 is 66.2. The van der Waals surface area contributed by atoms with E-state index in [0.29, 0.717) is 0 Å². The zero-order valence-corrected chi connectivity index (χ0v) is 37.2. The summed E-state index contributed by atoms with van der Waals surface area (Å²) in [5, 5.41) is 27.0. The molecule has 0 spiro atoms. The number of hydrogen-bond acceptors (Lipinski definition) is 11. The number of aromatic hydroxyl groups is 2. The van der Waals surface area contributed by atoms with Gasteiger partial charge in [-0.15, -0.1) is 0 Å². The van der Waals surface area contributed by atoms with Gasteiger partial charge in [0.15, 0.2) is 19.7 Å². The minimum atomic E-state index is -3.99. The number of carbonyl (C=O) groups excluding carboxylic acids is 5. The van der Waals surface area contributed by atoms with Crippen LogP contribution in [0.25, 0.3) is 0 Å². The number of aryl methyl sites for hydroxylation is 2. The molecule has 8 N–H and O–H groups in total. The number of anilines is 4. The Kier molecular flexibility index (Phi) is 16.1. The number of phenols is 2. The van der Waals surface area contributed by atoms with Crippen molar-refractivity contribution in [1.82, 2.24) is 0 Å². The number of primary amides is 1. The van der Waals surface area contributed by atoms with Crippen LogP contribution in [0.4, 0.5) is 27.1 Å². The van der Waals surface area contributed by atoms with Gasteiger partial charge in [0.1, 0.15) is 27.8 Å². The van der Waals surface area contributed by atoms with Crippen LogP contribution in [0, 0.1) is 25.6 Å². The average Bonchev–Trinajstić information content (AvgIpc) is 3.21. The number of phenolic OH excluding ortho intramolecular Hbond substituents is 2. The predicted octanol–water partition coefficient (Wildman–Crippen LogP) is 6.48. The number of hydrogen-bond donors (Lipinski definition) is 7. The molecule has 19 heteroatoms. The van der Waals surface area contributed by atoms with E-state index in [1.807, 2.05) is 0 Å². The lowest BCUT2D eigenvalue weighted by atomic mass is 10.1. The van der Waals surface area contributed by atoms with Crippen LogP contribution in [0.1, 0.15) is 66.0 Å². The topological polar surface area (TPSA) is 268 Å². The summed E-state index contributed by atoms with van der Waals surface area (Å²) in [5.41, 5.74) is 6.97. The van der Waals surface area contributed by atoms with Crippen LogP contribution >= 0.6 is 0 Å². The first-order chi connectivity index (χ1) is 30.0. The molecule has 0 aliphatic heterocycles. The highest BCUT2D eigenvalue weighted by molar-refractivity contribution is 7.93. The number of rotatable bonds is 14. The minimum absolute atomic E-state index is 0.00979. The monoisotopic (exact) mass is 917 g/mol. The van der Waals surface area contributed by atoms with Crippen molar-refractivity contribution in [1.29, 1.82) is 0 Å². The zero-order chi connectivity index (χ0) is 47.7. The first kappa shape index (κ1) is 49.5. The Bertz CT molecular complexity index is 2800. The Hall–Kier alpha value is -7.12. The summed E-state index contributed by atoms with van der Waals surface area (Å²) in [7, 11) is -7.96. The molecule has 0 heterocycles. The Labute approximate surface area is 369 Å². The van der Waals surface area contributed by atoms with Gasteiger partial charge in [-0.3, -0.25) is 24.0 Å². The predicted molar refractivity (Wildman–Crippen MR) is 240 cm³/mol. The van der Waals surface area contributed by atoms with Gasteiger partial charge in [0, 0.05) is 41.9 Å². The smallest absolute Gasteiger partial charge is 0.255 e. The Balaban J connectivity index is 0.000000290. The van der Waals surface area contributed by atoms with Gasteiger partial charge in [0.25, 0.3) is 5.91 Å². The number of nitrogens with one attached hydrogen (secondary N) is 4. The summed E-state index contributed by atoms with van der Waals surface area (Å²) in [6.07, 6.45) is -0.0282. The van der Waals surface area contributed by atoms with Crippen molar-refractivity contribution in [2.45, 2.75) is 68.3 Å². The number of sulfone groups is 2. The highest BCUT2D eigenvalue weighted by atomic mass is 32.2. The van der Waals surface area contributed by atoms with E-state index in [-0.39, 0.29) is 50.2 Å². The van der Waals surface area contributed by atoms with Crippen LogP contribution in [0.2, 0.25) is 0 Å². The van der Waals surface area contributed by atoms with Crippen LogP contribution in [-0.4, -0.2) is 67.1 Å². The molecule has 2 unspecified atom stereocenters. The Morgan fingerprint density at radius 2 is 1.25 bits per heavy atom. The number of nitrogens with two attached hydrogens (primary N) is 1.